The molecule has 0 aliphatic heterocycles. The predicted molar refractivity (Wildman–Crippen MR) is 78.2 cm³/mol. The SMILES string of the molecule is O=c1c2ccncc2ncn1CC(O)COCc1ccco1. The molecule has 0 bridgehead atoms. The molecular weight excluding hydrogens is 286 g/mol. The summed E-state index contributed by atoms with van der Waals surface area (Å²) in [7, 11) is 0. The third-order valence-electron chi connectivity index (χ3n) is 3.17. The highest BCUT2D eigenvalue weighted by Gasteiger charge is 2.10. The van der Waals surface area contributed by atoms with E-state index in [0.717, 1.165) is 0 Å². The van der Waals surface area contributed by atoms with Gasteiger partial charge in [0.05, 0.1) is 48.9 Å². The molecule has 7 heteroatoms. The van der Waals surface area contributed by atoms with E-state index in [1.807, 2.05) is 0 Å². The number of aliphatic hydroxyl groups excluding tert-OH is 1. The van der Waals surface area contributed by atoms with Crippen LogP contribution in [0.25, 0.3) is 10.9 Å². The lowest BCUT2D eigenvalue weighted by Crippen LogP contribution is -2.29. The van der Waals surface area contributed by atoms with Crippen molar-refractivity contribution in [3.8, 4) is 0 Å². The maximum Gasteiger partial charge on any atom is 0.261 e. The van der Waals surface area contributed by atoms with E-state index in [0.29, 0.717) is 16.7 Å². The van der Waals surface area contributed by atoms with Gasteiger partial charge in [-0.2, -0.15) is 0 Å². The quantitative estimate of drug-likeness (QED) is 0.729. The summed E-state index contributed by atoms with van der Waals surface area (Å²) in [6.07, 6.45) is 5.23. The van der Waals surface area contributed by atoms with Crippen molar-refractivity contribution in [3.63, 3.8) is 0 Å². The van der Waals surface area contributed by atoms with Gasteiger partial charge in [0.1, 0.15) is 12.4 Å². The van der Waals surface area contributed by atoms with Crippen molar-refractivity contribution in [1.82, 2.24) is 14.5 Å². The molecule has 0 radical (unpaired) electrons. The molecule has 1 N–H and O–H groups in total. The molecule has 3 rings (SSSR count). The molecular formula is C15H15N3O4. The Bertz CT molecular complexity index is 798. The Kier molecular flexibility index (Phi) is 4.27. The number of furan rings is 1. The van der Waals surface area contributed by atoms with Crippen molar-refractivity contribution in [2.24, 2.45) is 0 Å². The van der Waals surface area contributed by atoms with Crippen molar-refractivity contribution in [2.45, 2.75) is 19.3 Å². The van der Waals surface area contributed by atoms with Gasteiger partial charge in [0.2, 0.25) is 0 Å². The normalized spacial score (nSPS) is 12.6. The van der Waals surface area contributed by atoms with Crippen LogP contribution in [-0.2, 0) is 17.9 Å². The fraction of sp³-hybridized carbons (Fsp3) is 0.267. The van der Waals surface area contributed by atoms with Gasteiger partial charge in [0, 0.05) is 6.20 Å². The molecule has 0 spiro atoms. The zero-order chi connectivity index (χ0) is 15.4. The maximum absolute atomic E-state index is 12.3. The fourth-order valence-electron chi connectivity index (χ4n) is 2.11. The zero-order valence-corrected chi connectivity index (χ0v) is 11.8. The highest BCUT2D eigenvalue weighted by atomic mass is 16.5. The molecule has 7 nitrogen and oxygen atoms in total. The minimum atomic E-state index is -0.811. The molecule has 0 aromatic carbocycles. The summed E-state index contributed by atoms with van der Waals surface area (Å²) < 4.78 is 11.8. The first-order chi connectivity index (χ1) is 10.7. The van der Waals surface area contributed by atoms with E-state index >= 15 is 0 Å². The third-order valence-corrected chi connectivity index (χ3v) is 3.17. The molecule has 3 aromatic heterocycles. The first-order valence-electron chi connectivity index (χ1n) is 6.81. The summed E-state index contributed by atoms with van der Waals surface area (Å²) in [4.78, 5) is 20.3. The lowest BCUT2D eigenvalue weighted by molar-refractivity contribution is 0.0142. The molecule has 0 amide bonds. The summed E-state index contributed by atoms with van der Waals surface area (Å²) in [5.41, 5.74) is 0.324. The lowest BCUT2D eigenvalue weighted by atomic mass is 10.3. The second-order valence-corrected chi connectivity index (χ2v) is 4.84. The van der Waals surface area contributed by atoms with Crippen LogP contribution in [0.1, 0.15) is 5.76 Å². The number of rotatable bonds is 6. The smallest absolute Gasteiger partial charge is 0.261 e. The monoisotopic (exact) mass is 301 g/mol. The van der Waals surface area contributed by atoms with Crippen LogP contribution in [-0.4, -0.2) is 32.4 Å². The van der Waals surface area contributed by atoms with Gasteiger partial charge in [-0.15, -0.1) is 0 Å². The lowest BCUT2D eigenvalue weighted by Gasteiger charge is -2.12. The number of hydrogen-bond donors (Lipinski definition) is 1. The van der Waals surface area contributed by atoms with Crippen molar-refractivity contribution >= 4 is 10.9 Å². The summed E-state index contributed by atoms with van der Waals surface area (Å²) in [5, 5.41) is 10.4. The topological polar surface area (TPSA) is 90.4 Å². The Morgan fingerprint density at radius 1 is 1.41 bits per heavy atom. The van der Waals surface area contributed by atoms with E-state index in [-0.39, 0.29) is 25.3 Å². The number of aliphatic hydroxyl groups is 1. The van der Waals surface area contributed by atoms with Crippen LogP contribution >= 0.6 is 0 Å². The van der Waals surface area contributed by atoms with Crippen molar-refractivity contribution < 1.29 is 14.3 Å². The second kappa shape index (κ2) is 6.50. The zero-order valence-electron chi connectivity index (χ0n) is 11.8. The molecule has 0 saturated carbocycles. The number of hydrogen-bond acceptors (Lipinski definition) is 6. The fourth-order valence-corrected chi connectivity index (χ4v) is 2.11. The first-order valence-corrected chi connectivity index (χ1v) is 6.81. The van der Waals surface area contributed by atoms with Crippen molar-refractivity contribution in [1.29, 1.82) is 0 Å². The van der Waals surface area contributed by atoms with Gasteiger partial charge in [-0.25, -0.2) is 4.98 Å². The van der Waals surface area contributed by atoms with Gasteiger partial charge in [0.25, 0.3) is 5.56 Å². The number of pyridine rings is 1. The van der Waals surface area contributed by atoms with Gasteiger partial charge in [0.15, 0.2) is 0 Å². The molecule has 0 aliphatic rings. The minimum absolute atomic E-state index is 0.0987. The van der Waals surface area contributed by atoms with Gasteiger partial charge in [-0.3, -0.25) is 14.3 Å². The van der Waals surface area contributed by atoms with Crippen LogP contribution in [0, 0.1) is 0 Å². The molecule has 22 heavy (non-hydrogen) atoms. The Balaban J connectivity index is 1.62. The summed E-state index contributed by atoms with van der Waals surface area (Å²) in [5.74, 6) is 0.684. The minimum Gasteiger partial charge on any atom is -0.467 e. The van der Waals surface area contributed by atoms with Crippen LogP contribution < -0.4 is 5.56 Å². The Morgan fingerprint density at radius 3 is 3.14 bits per heavy atom. The average molecular weight is 301 g/mol. The number of aromatic nitrogens is 3. The predicted octanol–water partition coefficient (Wildman–Crippen LogP) is 0.962. The number of fused-ring (bicyclic) bond motifs is 1. The van der Waals surface area contributed by atoms with Gasteiger partial charge >= 0.3 is 0 Å². The van der Waals surface area contributed by atoms with Crippen molar-refractivity contribution in [3.05, 3.63) is 59.3 Å². The molecule has 0 aliphatic carbocycles. The summed E-state index contributed by atoms with van der Waals surface area (Å²) >= 11 is 0. The molecule has 3 aromatic rings. The van der Waals surface area contributed by atoms with Gasteiger partial charge < -0.3 is 14.3 Å². The van der Waals surface area contributed by atoms with Crippen LogP contribution in [0.15, 0.2) is 52.4 Å². The third kappa shape index (κ3) is 3.21. The Hall–Kier alpha value is -2.51. The Morgan fingerprint density at radius 2 is 2.32 bits per heavy atom. The van der Waals surface area contributed by atoms with Crippen LogP contribution in [0.2, 0.25) is 0 Å². The van der Waals surface area contributed by atoms with E-state index in [1.54, 1.807) is 30.7 Å². The van der Waals surface area contributed by atoms with Gasteiger partial charge in [-0.05, 0) is 18.2 Å². The molecule has 0 fully saturated rings. The highest BCUT2D eigenvalue weighted by molar-refractivity contribution is 5.75. The van der Waals surface area contributed by atoms with Gasteiger partial charge in [-0.1, -0.05) is 0 Å². The number of nitrogens with zero attached hydrogens (tertiary/aromatic N) is 3. The van der Waals surface area contributed by atoms with E-state index in [2.05, 4.69) is 9.97 Å². The van der Waals surface area contributed by atoms with E-state index in [1.165, 1.54) is 17.1 Å². The summed E-state index contributed by atoms with van der Waals surface area (Å²) in [6.45, 7) is 0.490. The van der Waals surface area contributed by atoms with E-state index in [4.69, 9.17) is 9.15 Å². The Labute approximate surface area is 125 Å². The standard InChI is InChI=1S/C15H15N3O4/c19-11(8-21-9-12-2-1-5-22-12)7-18-10-17-14-6-16-4-3-13(14)15(18)20/h1-6,10-11,19H,7-9H2. The largest absolute Gasteiger partial charge is 0.467 e. The highest BCUT2D eigenvalue weighted by Crippen LogP contribution is 2.04. The van der Waals surface area contributed by atoms with Crippen LogP contribution in [0.5, 0.6) is 0 Å². The number of ether oxygens (including phenoxy) is 1. The van der Waals surface area contributed by atoms with Crippen LogP contribution in [0.4, 0.5) is 0 Å². The molecule has 114 valence electrons. The average Bonchev–Trinajstić information content (AvgIpc) is 3.04. The molecule has 3 heterocycles. The van der Waals surface area contributed by atoms with E-state index < -0.39 is 6.10 Å². The first kappa shape index (κ1) is 14.4. The molecule has 1 atom stereocenters. The van der Waals surface area contributed by atoms with E-state index in [9.17, 15) is 9.90 Å². The van der Waals surface area contributed by atoms with Crippen molar-refractivity contribution in [2.75, 3.05) is 6.61 Å². The maximum atomic E-state index is 12.3. The van der Waals surface area contributed by atoms with Crippen LogP contribution in [0.3, 0.4) is 0 Å². The summed E-state index contributed by atoms with van der Waals surface area (Å²) in [6, 6.07) is 5.17. The molecule has 0 saturated heterocycles. The second-order valence-electron chi connectivity index (χ2n) is 4.84. The molecule has 1 unspecified atom stereocenters.